The summed E-state index contributed by atoms with van der Waals surface area (Å²) < 4.78 is 56.5. The van der Waals surface area contributed by atoms with Crippen LogP contribution < -0.4 is 9.47 Å². The number of aliphatic hydroxyl groups excluding tert-OH is 1. The zero-order valence-corrected chi connectivity index (χ0v) is 18.4. The molecule has 3 aromatic heterocycles. The van der Waals surface area contributed by atoms with Crippen LogP contribution in [0.4, 0.5) is 13.2 Å². The summed E-state index contributed by atoms with van der Waals surface area (Å²) in [6, 6.07) is 3.87. The maximum atomic E-state index is 13.1. The van der Waals surface area contributed by atoms with Crippen LogP contribution in [0.25, 0.3) is 28.6 Å². The van der Waals surface area contributed by atoms with Crippen LogP contribution in [0.2, 0.25) is 10.0 Å². The third kappa shape index (κ3) is 4.70. The average molecular weight is 503 g/mol. The van der Waals surface area contributed by atoms with Crippen LogP contribution in [0.3, 0.4) is 0 Å². The second kappa shape index (κ2) is 9.08. The molecule has 0 aliphatic heterocycles. The van der Waals surface area contributed by atoms with Crippen LogP contribution in [0.5, 0.6) is 11.5 Å². The smallest absolute Gasteiger partial charge is 0.417 e. The van der Waals surface area contributed by atoms with Gasteiger partial charge in [-0.25, -0.2) is 4.98 Å². The summed E-state index contributed by atoms with van der Waals surface area (Å²) in [4.78, 5) is 8.47. The lowest BCUT2D eigenvalue weighted by Gasteiger charge is -2.11. The highest BCUT2D eigenvalue weighted by atomic mass is 35.5. The molecule has 0 radical (unpaired) electrons. The van der Waals surface area contributed by atoms with Crippen molar-refractivity contribution < 1.29 is 32.3 Å². The normalized spacial score (nSPS) is 11.8. The molecule has 0 fully saturated rings. The standard InChI is InChI=1S/C20H15Cl2F3N4O4/c1-31-15-7-16(32-4-2-3-30)12(21)6-11(15)17-27-19(33-28-17)14-9-29-8-10(20(23,24)25)5-13(22)18(29)26-14/h5-9,30H,2-4H2,1H3. The molecule has 0 saturated heterocycles. The molecule has 0 saturated carbocycles. The molecule has 1 N–H and O–H groups in total. The Morgan fingerprint density at radius 2 is 1.88 bits per heavy atom. The number of benzene rings is 1. The van der Waals surface area contributed by atoms with Crippen LogP contribution in [0.15, 0.2) is 35.1 Å². The van der Waals surface area contributed by atoms with Crippen molar-refractivity contribution in [2.75, 3.05) is 20.3 Å². The summed E-state index contributed by atoms with van der Waals surface area (Å²) >= 11 is 12.3. The highest BCUT2D eigenvalue weighted by Crippen LogP contribution is 2.38. The predicted octanol–water partition coefficient (Wildman–Crippen LogP) is 5.15. The number of methoxy groups -OCH3 is 1. The van der Waals surface area contributed by atoms with Crippen molar-refractivity contribution in [2.45, 2.75) is 12.6 Å². The monoisotopic (exact) mass is 502 g/mol. The summed E-state index contributed by atoms with van der Waals surface area (Å²) in [5.41, 5.74) is -0.294. The van der Waals surface area contributed by atoms with Crippen LogP contribution >= 0.6 is 23.2 Å². The summed E-state index contributed by atoms with van der Waals surface area (Å²) in [5.74, 6) is 0.771. The van der Waals surface area contributed by atoms with Gasteiger partial charge in [-0.2, -0.15) is 18.2 Å². The van der Waals surface area contributed by atoms with E-state index in [4.69, 9.17) is 42.3 Å². The number of nitrogens with zero attached hydrogens (tertiary/aromatic N) is 4. The first-order valence-electron chi connectivity index (χ1n) is 9.42. The van der Waals surface area contributed by atoms with E-state index in [9.17, 15) is 13.2 Å². The lowest BCUT2D eigenvalue weighted by molar-refractivity contribution is -0.137. The Balaban J connectivity index is 1.69. The molecule has 0 unspecified atom stereocenters. The molecule has 3 heterocycles. The Bertz CT molecular complexity index is 1310. The van der Waals surface area contributed by atoms with Crippen molar-refractivity contribution in [1.29, 1.82) is 0 Å². The largest absolute Gasteiger partial charge is 0.496 e. The zero-order valence-electron chi connectivity index (χ0n) is 16.9. The molecule has 1 aromatic carbocycles. The molecule has 0 aliphatic rings. The topological polar surface area (TPSA) is 94.9 Å². The fourth-order valence-corrected chi connectivity index (χ4v) is 3.46. The fourth-order valence-electron chi connectivity index (χ4n) is 2.99. The molecule has 4 aromatic rings. The van der Waals surface area contributed by atoms with Gasteiger partial charge in [0.05, 0.1) is 34.9 Å². The highest BCUT2D eigenvalue weighted by Gasteiger charge is 2.32. The molecular formula is C20H15Cl2F3N4O4. The molecule has 0 bridgehead atoms. The van der Waals surface area contributed by atoms with Crippen molar-refractivity contribution in [3.05, 3.63) is 46.2 Å². The van der Waals surface area contributed by atoms with E-state index < -0.39 is 11.7 Å². The van der Waals surface area contributed by atoms with Gasteiger partial charge in [-0.1, -0.05) is 28.4 Å². The number of imidazole rings is 1. The number of fused-ring (bicyclic) bond motifs is 1. The minimum Gasteiger partial charge on any atom is -0.496 e. The van der Waals surface area contributed by atoms with Gasteiger partial charge in [0.15, 0.2) is 5.65 Å². The Labute approximate surface area is 194 Å². The van der Waals surface area contributed by atoms with E-state index in [0.29, 0.717) is 23.5 Å². The Morgan fingerprint density at radius 3 is 2.58 bits per heavy atom. The zero-order chi connectivity index (χ0) is 23.8. The summed E-state index contributed by atoms with van der Waals surface area (Å²) in [5, 5.41) is 12.9. The number of halogens is 5. The van der Waals surface area contributed by atoms with Gasteiger partial charge in [-0.15, -0.1) is 0 Å². The number of ether oxygens (including phenoxy) is 2. The first-order chi connectivity index (χ1) is 15.7. The molecule has 0 spiro atoms. The van der Waals surface area contributed by atoms with Crippen LogP contribution in [0, 0.1) is 0 Å². The SMILES string of the molecule is COc1cc(OCCCO)c(Cl)cc1-c1noc(-c2cn3cc(C(F)(F)F)cc(Cl)c3n2)n1. The molecule has 0 aliphatic carbocycles. The van der Waals surface area contributed by atoms with E-state index >= 15 is 0 Å². The molecule has 13 heteroatoms. The van der Waals surface area contributed by atoms with Crippen molar-refractivity contribution in [1.82, 2.24) is 19.5 Å². The first-order valence-corrected chi connectivity index (χ1v) is 10.2. The Morgan fingerprint density at radius 1 is 1.09 bits per heavy atom. The molecule has 0 amide bonds. The highest BCUT2D eigenvalue weighted by molar-refractivity contribution is 6.33. The van der Waals surface area contributed by atoms with E-state index in [2.05, 4.69) is 15.1 Å². The first kappa shape index (κ1) is 23.1. The number of aliphatic hydroxyl groups is 1. The lowest BCUT2D eigenvalue weighted by Crippen LogP contribution is -2.06. The number of alkyl halides is 3. The van der Waals surface area contributed by atoms with Crippen molar-refractivity contribution in [2.24, 2.45) is 0 Å². The lowest BCUT2D eigenvalue weighted by atomic mass is 10.1. The third-order valence-corrected chi connectivity index (χ3v) is 5.11. The van der Waals surface area contributed by atoms with Gasteiger partial charge in [0.25, 0.3) is 5.89 Å². The summed E-state index contributed by atoms with van der Waals surface area (Å²) in [6.07, 6.45) is -1.96. The van der Waals surface area contributed by atoms with Gasteiger partial charge in [-0.3, -0.25) is 0 Å². The quantitative estimate of drug-likeness (QED) is 0.349. The summed E-state index contributed by atoms with van der Waals surface area (Å²) in [6.45, 7) is 0.238. The summed E-state index contributed by atoms with van der Waals surface area (Å²) in [7, 11) is 1.44. The van der Waals surface area contributed by atoms with Crippen LogP contribution in [-0.4, -0.2) is 45.0 Å². The predicted molar refractivity (Wildman–Crippen MR) is 113 cm³/mol. The van der Waals surface area contributed by atoms with Gasteiger partial charge in [-0.05, 0) is 12.1 Å². The van der Waals surface area contributed by atoms with Gasteiger partial charge < -0.3 is 23.5 Å². The van der Waals surface area contributed by atoms with Crippen LogP contribution in [0.1, 0.15) is 12.0 Å². The molecule has 0 atom stereocenters. The van der Waals surface area contributed by atoms with Gasteiger partial charge in [0, 0.05) is 31.5 Å². The number of hydrogen-bond donors (Lipinski definition) is 1. The second-order valence-corrected chi connectivity index (χ2v) is 7.58. The molecular weight excluding hydrogens is 488 g/mol. The molecule has 4 rings (SSSR count). The molecule has 174 valence electrons. The van der Waals surface area contributed by atoms with Crippen molar-refractivity contribution in [3.8, 4) is 34.5 Å². The minimum absolute atomic E-state index is 0.0235. The van der Waals surface area contributed by atoms with Crippen LogP contribution in [-0.2, 0) is 6.18 Å². The average Bonchev–Trinajstić information content (AvgIpc) is 3.41. The van der Waals surface area contributed by atoms with Crippen molar-refractivity contribution >= 4 is 28.8 Å². The van der Waals surface area contributed by atoms with Crippen molar-refractivity contribution in [3.63, 3.8) is 0 Å². The van der Waals surface area contributed by atoms with E-state index in [-0.39, 0.29) is 46.3 Å². The molecule has 33 heavy (non-hydrogen) atoms. The maximum absolute atomic E-state index is 13.1. The second-order valence-electron chi connectivity index (χ2n) is 6.76. The minimum atomic E-state index is -4.57. The number of rotatable bonds is 7. The number of aromatic nitrogens is 4. The Kier molecular flexibility index (Phi) is 6.37. The van der Waals surface area contributed by atoms with Gasteiger partial charge >= 0.3 is 6.18 Å². The van der Waals surface area contributed by atoms with Gasteiger partial charge in [0.2, 0.25) is 5.82 Å². The van der Waals surface area contributed by atoms with E-state index in [1.807, 2.05) is 0 Å². The molecule has 8 nitrogen and oxygen atoms in total. The fraction of sp³-hybridized carbons (Fsp3) is 0.250. The number of hydrogen-bond acceptors (Lipinski definition) is 7. The van der Waals surface area contributed by atoms with E-state index in [1.54, 1.807) is 6.07 Å². The number of pyridine rings is 1. The third-order valence-electron chi connectivity index (χ3n) is 4.53. The Hall–Kier alpha value is -3.02. The maximum Gasteiger partial charge on any atom is 0.417 e. The van der Waals surface area contributed by atoms with E-state index in [1.165, 1.54) is 19.4 Å². The van der Waals surface area contributed by atoms with Gasteiger partial charge in [0.1, 0.15) is 17.2 Å². The van der Waals surface area contributed by atoms with E-state index in [0.717, 1.165) is 16.7 Å².